The molecular weight excluding hydrogens is 283 g/mol. The molecule has 0 radical (unpaired) electrons. The maximum atomic E-state index is 14.1. The first kappa shape index (κ1) is 14.6. The zero-order chi connectivity index (χ0) is 15.5. The quantitative estimate of drug-likeness (QED) is 0.910. The fourth-order valence-electron chi connectivity index (χ4n) is 2.84. The van der Waals surface area contributed by atoms with Gasteiger partial charge in [0.2, 0.25) is 0 Å². The summed E-state index contributed by atoms with van der Waals surface area (Å²) in [4.78, 5) is 10.6. The van der Waals surface area contributed by atoms with Crippen LogP contribution < -0.4 is 4.74 Å². The third-order valence-electron chi connectivity index (χ3n) is 3.97. The van der Waals surface area contributed by atoms with Gasteiger partial charge in [-0.2, -0.15) is 0 Å². The highest BCUT2D eigenvalue weighted by Gasteiger charge is 2.24. The van der Waals surface area contributed by atoms with Gasteiger partial charge in [0.25, 0.3) is 0 Å². The highest BCUT2D eigenvalue weighted by Crippen LogP contribution is 2.35. The van der Waals surface area contributed by atoms with Crippen LogP contribution in [0.2, 0.25) is 0 Å². The Bertz CT molecular complexity index is 696. The molecule has 4 heteroatoms. The molecule has 0 bridgehead atoms. The SMILES string of the molecule is O=C(O)CCc1ccc(OC2CCc3ccccc32)c(F)c1. The monoisotopic (exact) mass is 300 g/mol. The summed E-state index contributed by atoms with van der Waals surface area (Å²) >= 11 is 0. The second-order valence-corrected chi connectivity index (χ2v) is 5.50. The molecule has 0 amide bonds. The summed E-state index contributed by atoms with van der Waals surface area (Å²) in [6, 6.07) is 12.7. The summed E-state index contributed by atoms with van der Waals surface area (Å²) in [7, 11) is 0. The number of benzene rings is 2. The van der Waals surface area contributed by atoms with Crippen LogP contribution in [-0.2, 0) is 17.6 Å². The number of carboxylic acid groups (broad SMARTS) is 1. The van der Waals surface area contributed by atoms with Gasteiger partial charge in [0, 0.05) is 6.42 Å². The molecule has 2 aromatic rings. The summed E-state index contributed by atoms with van der Waals surface area (Å²) in [6.45, 7) is 0. The van der Waals surface area contributed by atoms with Gasteiger partial charge in [0.1, 0.15) is 6.10 Å². The third kappa shape index (κ3) is 3.11. The van der Waals surface area contributed by atoms with E-state index in [1.165, 1.54) is 11.6 Å². The van der Waals surface area contributed by atoms with Crippen LogP contribution in [-0.4, -0.2) is 11.1 Å². The molecule has 3 nitrogen and oxygen atoms in total. The second kappa shape index (κ2) is 6.18. The molecule has 0 fully saturated rings. The topological polar surface area (TPSA) is 46.5 Å². The molecule has 3 rings (SSSR count). The van der Waals surface area contributed by atoms with Gasteiger partial charge in [-0.05, 0) is 48.1 Å². The molecule has 1 unspecified atom stereocenters. The van der Waals surface area contributed by atoms with Gasteiger partial charge >= 0.3 is 5.97 Å². The third-order valence-corrected chi connectivity index (χ3v) is 3.97. The van der Waals surface area contributed by atoms with Crippen molar-refractivity contribution in [2.24, 2.45) is 0 Å². The van der Waals surface area contributed by atoms with E-state index in [4.69, 9.17) is 9.84 Å². The summed E-state index contributed by atoms with van der Waals surface area (Å²) in [5.41, 5.74) is 3.04. The van der Waals surface area contributed by atoms with Crippen LogP contribution in [0, 0.1) is 5.82 Å². The normalized spacial score (nSPS) is 16.3. The van der Waals surface area contributed by atoms with E-state index in [9.17, 15) is 9.18 Å². The van der Waals surface area contributed by atoms with Gasteiger partial charge < -0.3 is 9.84 Å². The predicted molar refractivity (Wildman–Crippen MR) is 80.5 cm³/mol. The van der Waals surface area contributed by atoms with Crippen molar-refractivity contribution in [3.8, 4) is 5.75 Å². The van der Waals surface area contributed by atoms with Crippen molar-refractivity contribution < 1.29 is 19.0 Å². The zero-order valence-corrected chi connectivity index (χ0v) is 12.1. The van der Waals surface area contributed by atoms with E-state index >= 15 is 0 Å². The number of aryl methyl sites for hydroxylation is 2. The zero-order valence-electron chi connectivity index (χ0n) is 12.1. The van der Waals surface area contributed by atoms with Gasteiger partial charge in [0.05, 0.1) is 0 Å². The Morgan fingerprint density at radius 2 is 2.09 bits per heavy atom. The number of carbonyl (C=O) groups is 1. The van der Waals surface area contributed by atoms with E-state index in [0.29, 0.717) is 12.0 Å². The summed E-state index contributed by atoms with van der Waals surface area (Å²) in [5, 5.41) is 8.66. The highest BCUT2D eigenvalue weighted by atomic mass is 19.1. The van der Waals surface area contributed by atoms with Gasteiger partial charge in [-0.1, -0.05) is 30.3 Å². The first-order valence-electron chi connectivity index (χ1n) is 7.38. The van der Waals surface area contributed by atoms with Gasteiger partial charge in [-0.3, -0.25) is 4.79 Å². The molecule has 0 aliphatic heterocycles. The lowest BCUT2D eigenvalue weighted by molar-refractivity contribution is -0.136. The Labute approximate surface area is 128 Å². The first-order valence-corrected chi connectivity index (χ1v) is 7.38. The van der Waals surface area contributed by atoms with Crippen LogP contribution in [0.4, 0.5) is 4.39 Å². The molecule has 114 valence electrons. The van der Waals surface area contributed by atoms with Crippen LogP contribution in [0.1, 0.15) is 35.6 Å². The summed E-state index contributed by atoms with van der Waals surface area (Å²) < 4.78 is 20.0. The van der Waals surface area contributed by atoms with Crippen molar-refractivity contribution in [2.45, 2.75) is 31.8 Å². The van der Waals surface area contributed by atoms with Crippen LogP contribution in [0.25, 0.3) is 0 Å². The van der Waals surface area contributed by atoms with E-state index in [1.54, 1.807) is 12.1 Å². The fourth-order valence-corrected chi connectivity index (χ4v) is 2.84. The minimum absolute atomic E-state index is 0.00432. The lowest BCUT2D eigenvalue weighted by Gasteiger charge is -2.16. The molecule has 2 aromatic carbocycles. The maximum Gasteiger partial charge on any atom is 0.303 e. The molecule has 1 aliphatic carbocycles. The van der Waals surface area contributed by atoms with E-state index in [2.05, 4.69) is 6.07 Å². The van der Waals surface area contributed by atoms with Crippen LogP contribution in [0.5, 0.6) is 5.75 Å². The average Bonchev–Trinajstić information content (AvgIpc) is 2.91. The number of carboxylic acids is 1. The second-order valence-electron chi connectivity index (χ2n) is 5.50. The molecular formula is C18H17FO3. The average molecular weight is 300 g/mol. The Kier molecular flexibility index (Phi) is 4.09. The minimum atomic E-state index is -0.886. The smallest absolute Gasteiger partial charge is 0.303 e. The maximum absolute atomic E-state index is 14.1. The van der Waals surface area contributed by atoms with Crippen LogP contribution >= 0.6 is 0 Å². The molecule has 0 heterocycles. The van der Waals surface area contributed by atoms with Crippen LogP contribution in [0.3, 0.4) is 0 Å². The summed E-state index contributed by atoms with van der Waals surface area (Å²) in [5.74, 6) is -1.10. The number of aliphatic carboxylic acids is 1. The molecule has 0 aromatic heterocycles. The number of rotatable bonds is 5. The number of halogens is 1. The lowest BCUT2D eigenvalue weighted by atomic mass is 10.1. The fraction of sp³-hybridized carbons (Fsp3) is 0.278. The first-order chi connectivity index (χ1) is 10.6. The van der Waals surface area contributed by atoms with Crippen molar-refractivity contribution in [1.82, 2.24) is 0 Å². The predicted octanol–water partition coefficient (Wildman–Crippen LogP) is 3.91. The lowest BCUT2D eigenvalue weighted by Crippen LogP contribution is -2.05. The molecule has 0 saturated carbocycles. The van der Waals surface area contributed by atoms with Crippen molar-refractivity contribution in [1.29, 1.82) is 0 Å². The Balaban J connectivity index is 1.72. The Hall–Kier alpha value is -2.36. The number of fused-ring (bicyclic) bond motifs is 1. The number of hydrogen-bond donors (Lipinski definition) is 1. The van der Waals surface area contributed by atoms with Gasteiger partial charge in [0.15, 0.2) is 11.6 Å². The number of ether oxygens (including phenoxy) is 1. The molecule has 1 N–H and O–H groups in total. The molecule has 0 saturated heterocycles. The van der Waals surface area contributed by atoms with E-state index in [-0.39, 0.29) is 18.3 Å². The van der Waals surface area contributed by atoms with E-state index < -0.39 is 11.8 Å². The highest BCUT2D eigenvalue weighted by molar-refractivity contribution is 5.67. The van der Waals surface area contributed by atoms with E-state index in [0.717, 1.165) is 18.4 Å². The van der Waals surface area contributed by atoms with Crippen LogP contribution in [0.15, 0.2) is 42.5 Å². The molecule has 0 spiro atoms. The van der Waals surface area contributed by atoms with Crippen molar-refractivity contribution in [2.75, 3.05) is 0 Å². The van der Waals surface area contributed by atoms with Crippen molar-refractivity contribution in [3.05, 3.63) is 65.0 Å². The molecule has 1 atom stereocenters. The Morgan fingerprint density at radius 3 is 2.86 bits per heavy atom. The van der Waals surface area contributed by atoms with E-state index in [1.807, 2.05) is 18.2 Å². The number of hydrogen-bond acceptors (Lipinski definition) is 2. The molecule has 1 aliphatic rings. The van der Waals surface area contributed by atoms with Crippen molar-refractivity contribution in [3.63, 3.8) is 0 Å². The minimum Gasteiger partial charge on any atom is -0.483 e. The van der Waals surface area contributed by atoms with Gasteiger partial charge in [-0.15, -0.1) is 0 Å². The standard InChI is InChI=1S/C18H17FO3/c19-15-11-12(6-10-18(20)21)5-8-17(15)22-16-9-7-13-3-1-2-4-14(13)16/h1-5,8,11,16H,6-7,9-10H2,(H,20,21). The largest absolute Gasteiger partial charge is 0.483 e. The van der Waals surface area contributed by atoms with Gasteiger partial charge in [-0.25, -0.2) is 4.39 Å². The van der Waals surface area contributed by atoms with Crippen molar-refractivity contribution >= 4 is 5.97 Å². The summed E-state index contributed by atoms with van der Waals surface area (Å²) in [6.07, 6.45) is 1.99. The molecule has 22 heavy (non-hydrogen) atoms. The Morgan fingerprint density at radius 1 is 1.27 bits per heavy atom.